The molecule has 1 aliphatic heterocycles. The van der Waals surface area contributed by atoms with Crippen LogP contribution < -0.4 is 0 Å². The van der Waals surface area contributed by atoms with E-state index in [0.29, 0.717) is 6.54 Å². The fourth-order valence-electron chi connectivity index (χ4n) is 3.69. The monoisotopic (exact) mass is 367 g/mol. The summed E-state index contributed by atoms with van der Waals surface area (Å²) < 4.78 is 7.12. The van der Waals surface area contributed by atoms with Crippen LogP contribution in [0.1, 0.15) is 28.5 Å². The van der Waals surface area contributed by atoms with Gasteiger partial charge in [0.05, 0.1) is 25.1 Å². The van der Waals surface area contributed by atoms with E-state index in [1.807, 2.05) is 0 Å². The molecule has 0 spiro atoms. The number of aromatic nitrogens is 5. The summed E-state index contributed by atoms with van der Waals surface area (Å²) in [7, 11) is 0. The highest BCUT2D eigenvalue weighted by Gasteiger charge is 2.25. The number of ether oxygens (including phenoxy) is 1. The van der Waals surface area contributed by atoms with Gasteiger partial charge in [-0.25, -0.2) is 9.97 Å². The van der Waals surface area contributed by atoms with Crippen molar-refractivity contribution in [1.29, 1.82) is 5.26 Å². The first kappa shape index (κ1) is 15.8. The molecular weight excluding hydrogens is 350 g/mol. The highest BCUT2D eigenvalue weighted by molar-refractivity contribution is 7.19. The van der Waals surface area contributed by atoms with Gasteiger partial charge in [-0.05, 0) is 24.8 Å². The van der Waals surface area contributed by atoms with Crippen molar-refractivity contribution in [2.24, 2.45) is 0 Å². The molecule has 1 fully saturated rings. The minimum Gasteiger partial charge on any atom is -0.379 e. The largest absolute Gasteiger partial charge is 0.379 e. The van der Waals surface area contributed by atoms with Gasteiger partial charge in [-0.3, -0.25) is 9.47 Å². The Bertz CT molecular complexity index is 1010. The lowest BCUT2D eigenvalue weighted by atomic mass is 10.2. The van der Waals surface area contributed by atoms with Crippen LogP contribution in [-0.2, 0) is 24.1 Å². The maximum Gasteiger partial charge on any atom is 0.240 e. The van der Waals surface area contributed by atoms with Gasteiger partial charge in [0, 0.05) is 18.0 Å². The van der Waals surface area contributed by atoms with E-state index < -0.39 is 0 Å². The summed E-state index contributed by atoms with van der Waals surface area (Å²) in [4.78, 5) is 14.4. The van der Waals surface area contributed by atoms with Crippen molar-refractivity contribution in [2.75, 3.05) is 26.3 Å². The van der Waals surface area contributed by atoms with Crippen molar-refractivity contribution in [2.45, 2.75) is 25.8 Å². The van der Waals surface area contributed by atoms with E-state index in [1.165, 1.54) is 16.9 Å². The number of fused-ring (bicyclic) bond motifs is 3. The van der Waals surface area contributed by atoms with Crippen molar-refractivity contribution >= 4 is 21.6 Å². The number of thiophene rings is 1. The van der Waals surface area contributed by atoms with Gasteiger partial charge in [0.2, 0.25) is 5.82 Å². The number of nitrogens with zero attached hydrogens (tertiary/aromatic N) is 7. The van der Waals surface area contributed by atoms with E-state index in [0.717, 1.165) is 61.0 Å². The molecule has 0 aromatic carbocycles. The molecule has 0 N–H and O–H groups in total. The molecule has 0 unspecified atom stereocenters. The number of nitriles is 1. The molecule has 0 bridgehead atoms. The van der Waals surface area contributed by atoms with Crippen LogP contribution in [0, 0.1) is 11.3 Å². The molecule has 1 aliphatic carbocycles. The van der Waals surface area contributed by atoms with Crippen molar-refractivity contribution in [1.82, 2.24) is 29.6 Å². The summed E-state index contributed by atoms with van der Waals surface area (Å²) in [6.07, 6.45) is 4.87. The molecule has 8 nitrogen and oxygen atoms in total. The molecule has 2 aliphatic rings. The van der Waals surface area contributed by atoms with Gasteiger partial charge < -0.3 is 4.74 Å². The summed E-state index contributed by atoms with van der Waals surface area (Å²) in [6, 6.07) is 2.10. The number of hydrogen-bond acceptors (Lipinski definition) is 8. The third kappa shape index (κ3) is 2.58. The van der Waals surface area contributed by atoms with Gasteiger partial charge in [0.15, 0.2) is 5.82 Å². The fraction of sp³-hybridized carbons (Fsp3) is 0.471. The SMILES string of the molecule is N#Cc1nncn1-c1nc(CN2CCOCC2)nc2sc3c(c12)CCC3. The maximum atomic E-state index is 9.38. The minimum absolute atomic E-state index is 0.250. The Hall–Kier alpha value is -2.41. The zero-order valence-corrected chi connectivity index (χ0v) is 15.0. The molecule has 132 valence electrons. The lowest BCUT2D eigenvalue weighted by molar-refractivity contribution is 0.0331. The van der Waals surface area contributed by atoms with Crippen molar-refractivity contribution < 1.29 is 4.74 Å². The molecule has 3 aromatic heterocycles. The van der Waals surface area contributed by atoms with Gasteiger partial charge in [0.1, 0.15) is 23.1 Å². The third-order valence-electron chi connectivity index (χ3n) is 4.94. The molecule has 26 heavy (non-hydrogen) atoms. The molecule has 0 atom stereocenters. The van der Waals surface area contributed by atoms with Crippen LogP contribution in [0.3, 0.4) is 0 Å². The summed E-state index contributed by atoms with van der Waals surface area (Å²) >= 11 is 1.76. The molecule has 0 radical (unpaired) electrons. The van der Waals surface area contributed by atoms with Gasteiger partial charge in [-0.2, -0.15) is 5.26 Å². The quantitative estimate of drug-likeness (QED) is 0.692. The van der Waals surface area contributed by atoms with Crippen LogP contribution in [-0.4, -0.2) is 55.9 Å². The maximum absolute atomic E-state index is 9.38. The standard InChI is InChI=1S/C17H17N7OS/c18-8-14-22-19-10-24(14)16-15-11-2-1-3-12(11)26-17(15)21-13(20-16)9-23-4-6-25-7-5-23/h10H,1-7,9H2. The van der Waals surface area contributed by atoms with Crippen LogP contribution in [0.15, 0.2) is 6.33 Å². The second kappa shape index (κ2) is 6.39. The van der Waals surface area contributed by atoms with Crippen LogP contribution in [0.25, 0.3) is 16.0 Å². The van der Waals surface area contributed by atoms with Crippen molar-refractivity contribution in [3.8, 4) is 11.9 Å². The lowest BCUT2D eigenvalue weighted by Gasteiger charge is -2.25. The second-order valence-electron chi connectivity index (χ2n) is 6.53. The van der Waals surface area contributed by atoms with E-state index in [4.69, 9.17) is 14.7 Å². The average molecular weight is 367 g/mol. The molecule has 0 saturated carbocycles. The molecule has 5 rings (SSSR count). The minimum atomic E-state index is 0.250. The Balaban J connectivity index is 1.66. The molecule has 9 heteroatoms. The van der Waals surface area contributed by atoms with Gasteiger partial charge >= 0.3 is 0 Å². The predicted octanol–water partition coefficient (Wildman–Crippen LogP) is 1.46. The van der Waals surface area contributed by atoms with Gasteiger partial charge in [0.25, 0.3) is 0 Å². The normalized spacial score (nSPS) is 17.5. The van der Waals surface area contributed by atoms with E-state index in [1.54, 1.807) is 22.2 Å². The number of rotatable bonds is 3. The Morgan fingerprint density at radius 2 is 2.12 bits per heavy atom. The number of morpholine rings is 1. The zero-order chi connectivity index (χ0) is 17.5. The van der Waals surface area contributed by atoms with Gasteiger partial charge in [-0.1, -0.05) is 0 Å². The van der Waals surface area contributed by atoms with E-state index in [9.17, 15) is 5.26 Å². The van der Waals surface area contributed by atoms with Gasteiger partial charge in [-0.15, -0.1) is 21.5 Å². The predicted molar refractivity (Wildman–Crippen MR) is 95.2 cm³/mol. The topological polar surface area (TPSA) is 92.8 Å². The Morgan fingerprint density at radius 1 is 1.23 bits per heavy atom. The molecular formula is C17H17N7OS. The average Bonchev–Trinajstić information content (AvgIpc) is 3.37. The smallest absolute Gasteiger partial charge is 0.240 e. The second-order valence-corrected chi connectivity index (χ2v) is 7.61. The van der Waals surface area contributed by atoms with Crippen LogP contribution in [0.5, 0.6) is 0 Å². The first-order chi connectivity index (χ1) is 12.8. The lowest BCUT2D eigenvalue weighted by Crippen LogP contribution is -2.36. The van der Waals surface area contributed by atoms with E-state index >= 15 is 0 Å². The first-order valence-electron chi connectivity index (χ1n) is 8.75. The number of aryl methyl sites for hydroxylation is 2. The third-order valence-corrected chi connectivity index (χ3v) is 6.12. The summed E-state index contributed by atoms with van der Waals surface area (Å²) in [5.41, 5.74) is 1.33. The summed E-state index contributed by atoms with van der Waals surface area (Å²) in [6.45, 7) is 3.93. The van der Waals surface area contributed by atoms with Crippen molar-refractivity contribution in [3.05, 3.63) is 28.4 Å². The fourth-order valence-corrected chi connectivity index (χ4v) is 4.96. The Kier molecular flexibility index (Phi) is 3.89. The Morgan fingerprint density at radius 3 is 2.96 bits per heavy atom. The first-order valence-corrected chi connectivity index (χ1v) is 9.57. The highest BCUT2D eigenvalue weighted by Crippen LogP contribution is 2.39. The molecule has 3 aromatic rings. The zero-order valence-electron chi connectivity index (χ0n) is 14.2. The van der Waals surface area contributed by atoms with E-state index in [-0.39, 0.29) is 5.82 Å². The summed E-state index contributed by atoms with van der Waals surface area (Å²) in [5, 5.41) is 18.3. The van der Waals surface area contributed by atoms with Crippen LogP contribution in [0.4, 0.5) is 0 Å². The van der Waals surface area contributed by atoms with Crippen LogP contribution in [0.2, 0.25) is 0 Å². The molecule has 4 heterocycles. The molecule has 1 saturated heterocycles. The highest BCUT2D eigenvalue weighted by atomic mass is 32.1. The number of hydrogen-bond donors (Lipinski definition) is 0. The van der Waals surface area contributed by atoms with E-state index in [2.05, 4.69) is 21.2 Å². The van der Waals surface area contributed by atoms with Crippen LogP contribution >= 0.6 is 11.3 Å². The van der Waals surface area contributed by atoms with Crippen molar-refractivity contribution in [3.63, 3.8) is 0 Å². The molecule has 0 amide bonds. The summed E-state index contributed by atoms with van der Waals surface area (Å²) in [5.74, 6) is 1.76. The Labute approximate surface area is 154 Å².